The zero-order valence-corrected chi connectivity index (χ0v) is 17.6. The van der Waals surface area contributed by atoms with Gasteiger partial charge < -0.3 is 15.4 Å². The first-order valence-corrected chi connectivity index (χ1v) is 10.1. The molecule has 1 atom stereocenters. The molecule has 0 aliphatic carbocycles. The van der Waals surface area contributed by atoms with Crippen LogP contribution in [0.15, 0.2) is 78.9 Å². The third-order valence-electron chi connectivity index (χ3n) is 4.47. The number of carbonyl (C=O) groups is 3. The molecule has 0 spiro atoms. The van der Waals surface area contributed by atoms with E-state index in [-0.39, 0.29) is 22.7 Å². The van der Waals surface area contributed by atoms with E-state index in [4.69, 9.17) is 16.3 Å². The van der Waals surface area contributed by atoms with Crippen molar-refractivity contribution in [1.82, 2.24) is 5.32 Å². The molecule has 3 rings (SSSR count). The van der Waals surface area contributed by atoms with E-state index in [2.05, 4.69) is 10.6 Å². The van der Waals surface area contributed by atoms with E-state index in [0.29, 0.717) is 5.56 Å². The van der Waals surface area contributed by atoms with Crippen molar-refractivity contribution in [3.63, 3.8) is 0 Å². The van der Waals surface area contributed by atoms with Gasteiger partial charge in [-0.25, -0.2) is 4.39 Å². The van der Waals surface area contributed by atoms with Crippen molar-refractivity contribution < 1.29 is 23.5 Å². The SMILES string of the molecule is O=C(COC(=O)C[C@H](NC(=O)c1ccccc1Cl)c1ccccc1)Nc1cccc(F)c1. The number of hydrogen-bond acceptors (Lipinski definition) is 4. The summed E-state index contributed by atoms with van der Waals surface area (Å²) in [6.45, 7) is -0.546. The molecule has 0 aromatic heterocycles. The van der Waals surface area contributed by atoms with Crippen molar-refractivity contribution in [3.8, 4) is 0 Å². The molecule has 0 aliphatic heterocycles. The number of nitrogens with one attached hydrogen (secondary N) is 2. The number of esters is 1. The fourth-order valence-corrected chi connectivity index (χ4v) is 3.18. The van der Waals surface area contributed by atoms with Crippen molar-refractivity contribution in [2.24, 2.45) is 0 Å². The number of carbonyl (C=O) groups excluding carboxylic acids is 3. The van der Waals surface area contributed by atoms with E-state index >= 15 is 0 Å². The normalized spacial score (nSPS) is 11.3. The first kappa shape index (κ1) is 23.0. The summed E-state index contributed by atoms with van der Waals surface area (Å²) in [7, 11) is 0. The number of amides is 2. The fourth-order valence-electron chi connectivity index (χ4n) is 2.95. The van der Waals surface area contributed by atoms with Crippen LogP contribution in [-0.2, 0) is 14.3 Å². The van der Waals surface area contributed by atoms with E-state index in [1.165, 1.54) is 18.2 Å². The summed E-state index contributed by atoms with van der Waals surface area (Å²) in [6.07, 6.45) is -0.201. The van der Waals surface area contributed by atoms with Gasteiger partial charge >= 0.3 is 5.97 Å². The number of halogens is 2. The first-order chi connectivity index (χ1) is 15.4. The molecule has 0 heterocycles. The molecule has 0 bridgehead atoms. The second-order valence-corrected chi connectivity index (χ2v) is 7.25. The molecule has 0 unspecified atom stereocenters. The predicted molar refractivity (Wildman–Crippen MR) is 119 cm³/mol. The van der Waals surface area contributed by atoms with Crippen LogP contribution in [-0.4, -0.2) is 24.4 Å². The zero-order chi connectivity index (χ0) is 22.9. The zero-order valence-electron chi connectivity index (χ0n) is 16.9. The van der Waals surface area contributed by atoms with E-state index in [1.807, 2.05) is 6.07 Å². The molecule has 0 fully saturated rings. The van der Waals surface area contributed by atoms with E-state index < -0.39 is 36.2 Å². The molecule has 6 nitrogen and oxygen atoms in total. The Balaban J connectivity index is 1.62. The van der Waals surface area contributed by atoms with Gasteiger partial charge in [-0.1, -0.05) is 60.1 Å². The highest BCUT2D eigenvalue weighted by Crippen LogP contribution is 2.21. The van der Waals surface area contributed by atoms with E-state index in [9.17, 15) is 18.8 Å². The highest BCUT2D eigenvalue weighted by atomic mass is 35.5. The van der Waals surface area contributed by atoms with Crippen LogP contribution in [0.2, 0.25) is 5.02 Å². The highest BCUT2D eigenvalue weighted by molar-refractivity contribution is 6.33. The molecule has 2 amide bonds. The van der Waals surface area contributed by atoms with Crippen LogP contribution in [0.25, 0.3) is 0 Å². The molecular weight excluding hydrogens is 435 g/mol. The topological polar surface area (TPSA) is 84.5 Å². The standard InChI is InChI=1S/C24H20ClFN2O4/c25-20-12-5-4-11-19(20)24(31)28-21(16-7-2-1-3-8-16)14-23(30)32-15-22(29)27-18-10-6-9-17(26)13-18/h1-13,21H,14-15H2,(H,27,29)(H,28,31)/t21-/m0/s1. The monoisotopic (exact) mass is 454 g/mol. The number of ether oxygens (including phenoxy) is 1. The third-order valence-corrected chi connectivity index (χ3v) is 4.80. The molecule has 164 valence electrons. The van der Waals surface area contributed by atoms with Gasteiger partial charge in [0.25, 0.3) is 11.8 Å². The van der Waals surface area contributed by atoms with Gasteiger partial charge in [0.1, 0.15) is 5.82 Å². The number of benzene rings is 3. The summed E-state index contributed by atoms with van der Waals surface area (Å²) < 4.78 is 18.3. The van der Waals surface area contributed by atoms with Gasteiger partial charge in [-0.15, -0.1) is 0 Å². The first-order valence-electron chi connectivity index (χ1n) is 9.74. The van der Waals surface area contributed by atoms with Crippen LogP contribution < -0.4 is 10.6 Å². The second-order valence-electron chi connectivity index (χ2n) is 6.84. The molecule has 0 saturated carbocycles. The minimum Gasteiger partial charge on any atom is -0.455 e. The number of rotatable bonds is 8. The molecule has 2 N–H and O–H groups in total. The quantitative estimate of drug-likeness (QED) is 0.490. The maximum absolute atomic E-state index is 13.2. The molecule has 32 heavy (non-hydrogen) atoms. The lowest BCUT2D eigenvalue weighted by Crippen LogP contribution is -2.31. The maximum Gasteiger partial charge on any atom is 0.308 e. The molecular formula is C24H20ClFN2O4. The number of hydrogen-bond donors (Lipinski definition) is 2. The largest absolute Gasteiger partial charge is 0.455 e. The average Bonchev–Trinajstić information content (AvgIpc) is 2.78. The Kier molecular flexibility index (Phi) is 7.94. The van der Waals surface area contributed by atoms with Crippen LogP contribution in [0.3, 0.4) is 0 Å². The summed E-state index contributed by atoms with van der Waals surface area (Å²) >= 11 is 6.09. The second kappa shape index (κ2) is 11.1. The van der Waals surface area contributed by atoms with Gasteiger partial charge in [0.15, 0.2) is 6.61 Å². The smallest absolute Gasteiger partial charge is 0.308 e. The Morgan fingerprint density at radius 3 is 2.38 bits per heavy atom. The Hall–Kier alpha value is -3.71. The van der Waals surface area contributed by atoms with Gasteiger partial charge in [-0.05, 0) is 35.9 Å². The summed E-state index contributed by atoms with van der Waals surface area (Å²) in [6, 6.07) is 20.1. The number of anilines is 1. The summed E-state index contributed by atoms with van der Waals surface area (Å²) in [4.78, 5) is 37.1. The molecule has 8 heteroatoms. The van der Waals surface area contributed by atoms with Crippen molar-refractivity contribution in [1.29, 1.82) is 0 Å². The van der Waals surface area contributed by atoms with Gasteiger partial charge in [-0.2, -0.15) is 0 Å². The van der Waals surface area contributed by atoms with Crippen molar-refractivity contribution in [2.45, 2.75) is 12.5 Å². The Morgan fingerprint density at radius 2 is 1.66 bits per heavy atom. The summed E-state index contributed by atoms with van der Waals surface area (Å²) in [5, 5.41) is 5.52. The predicted octanol–water partition coefficient (Wildman–Crippen LogP) is 4.52. The fraction of sp³-hybridized carbons (Fsp3) is 0.125. The lowest BCUT2D eigenvalue weighted by Gasteiger charge is -2.19. The van der Waals surface area contributed by atoms with Crippen LogP contribution in [0.5, 0.6) is 0 Å². The van der Waals surface area contributed by atoms with Crippen LogP contribution in [0, 0.1) is 5.82 Å². The van der Waals surface area contributed by atoms with Crippen LogP contribution in [0.4, 0.5) is 10.1 Å². The average molecular weight is 455 g/mol. The van der Waals surface area contributed by atoms with E-state index in [0.717, 1.165) is 6.07 Å². The Bertz CT molecular complexity index is 1110. The lowest BCUT2D eigenvalue weighted by molar-refractivity contribution is -0.147. The Morgan fingerprint density at radius 1 is 0.938 bits per heavy atom. The lowest BCUT2D eigenvalue weighted by atomic mass is 10.0. The molecule has 0 radical (unpaired) electrons. The van der Waals surface area contributed by atoms with Crippen molar-refractivity contribution in [3.05, 3.63) is 101 Å². The van der Waals surface area contributed by atoms with Gasteiger partial charge in [0.2, 0.25) is 0 Å². The van der Waals surface area contributed by atoms with Crippen LogP contribution >= 0.6 is 11.6 Å². The highest BCUT2D eigenvalue weighted by Gasteiger charge is 2.21. The molecule has 3 aromatic carbocycles. The van der Waals surface area contributed by atoms with Gasteiger partial charge in [-0.3, -0.25) is 14.4 Å². The summed E-state index contributed by atoms with van der Waals surface area (Å²) in [5.74, 6) is -2.24. The van der Waals surface area contributed by atoms with Crippen LogP contribution in [0.1, 0.15) is 28.4 Å². The van der Waals surface area contributed by atoms with Crippen molar-refractivity contribution >= 4 is 35.1 Å². The molecule has 0 saturated heterocycles. The maximum atomic E-state index is 13.2. The minimum atomic E-state index is -0.696. The van der Waals surface area contributed by atoms with Crippen molar-refractivity contribution in [2.75, 3.05) is 11.9 Å². The Labute approximate surface area is 189 Å². The molecule has 0 aliphatic rings. The minimum absolute atomic E-state index is 0.201. The molecule has 3 aromatic rings. The van der Waals surface area contributed by atoms with Gasteiger partial charge in [0.05, 0.1) is 23.0 Å². The van der Waals surface area contributed by atoms with Gasteiger partial charge in [0, 0.05) is 5.69 Å². The van der Waals surface area contributed by atoms with E-state index in [1.54, 1.807) is 48.5 Å². The third kappa shape index (κ3) is 6.65. The summed E-state index contributed by atoms with van der Waals surface area (Å²) in [5.41, 5.74) is 1.22.